The lowest BCUT2D eigenvalue weighted by Gasteiger charge is -2.35. The Kier molecular flexibility index (Phi) is 4.81. The molecule has 2 aliphatic rings. The number of anilines is 2. The Labute approximate surface area is 169 Å². The van der Waals surface area contributed by atoms with E-state index in [0.717, 1.165) is 42.9 Å². The topological polar surface area (TPSA) is 99.3 Å². The Morgan fingerprint density at radius 1 is 1.10 bits per heavy atom. The second-order valence-corrected chi connectivity index (χ2v) is 8.08. The van der Waals surface area contributed by atoms with Crippen LogP contribution >= 0.6 is 0 Å². The van der Waals surface area contributed by atoms with E-state index in [1.165, 1.54) is 0 Å². The predicted molar refractivity (Wildman–Crippen MR) is 111 cm³/mol. The van der Waals surface area contributed by atoms with Gasteiger partial charge in [-0.25, -0.2) is 9.97 Å². The van der Waals surface area contributed by atoms with Crippen molar-refractivity contribution in [2.45, 2.75) is 31.5 Å². The minimum atomic E-state index is -0.408. The largest absolute Gasteiger partial charge is 0.395 e. The highest BCUT2D eigenvalue weighted by Crippen LogP contribution is 2.39. The number of imidazole rings is 1. The molecule has 0 bridgehead atoms. The molecule has 2 fully saturated rings. The molecule has 0 spiro atoms. The Hall–Kier alpha value is -2.71. The van der Waals surface area contributed by atoms with Crippen LogP contribution in [0.1, 0.15) is 12.8 Å². The van der Waals surface area contributed by atoms with Gasteiger partial charge in [-0.2, -0.15) is 0 Å². The average molecular weight is 394 g/mol. The van der Waals surface area contributed by atoms with Crippen molar-refractivity contribution < 1.29 is 10.2 Å². The lowest BCUT2D eigenvalue weighted by atomic mass is 9.77. The molecule has 3 aromatic rings. The molecule has 2 aromatic heterocycles. The zero-order valence-electron chi connectivity index (χ0n) is 16.2. The monoisotopic (exact) mass is 394 g/mol. The normalized spacial score (nSPS) is 26.6. The van der Waals surface area contributed by atoms with Crippen LogP contribution in [0.3, 0.4) is 0 Å². The Morgan fingerprint density at radius 2 is 1.93 bits per heavy atom. The third-order valence-electron chi connectivity index (χ3n) is 6.28. The van der Waals surface area contributed by atoms with Crippen LogP contribution in [0.4, 0.5) is 11.8 Å². The number of nitrogens with one attached hydrogen (secondary N) is 1. The molecule has 5 rings (SSSR count). The van der Waals surface area contributed by atoms with Gasteiger partial charge < -0.3 is 25.0 Å². The minimum Gasteiger partial charge on any atom is -0.395 e. The van der Waals surface area contributed by atoms with E-state index in [9.17, 15) is 10.2 Å². The number of nitrogens with zero attached hydrogens (tertiary/aromatic N) is 5. The maximum atomic E-state index is 10.7. The van der Waals surface area contributed by atoms with E-state index >= 15 is 0 Å². The van der Waals surface area contributed by atoms with Gasteiger partial charge in [0.05, 0.1) is 36.0 Å². The lowest BCUT2D eigenvalue weighted by Crippen LogP contribution is -2.43. The fourth-order valence-electron chi connectivity index (χ4n) is 4.94. The molecule has 1 saturated heterocycles. The molecular weight excluding hydrogens is 368 g/mol. The highest BCUT2D eigenvalue weighted by Gasteiger charge is 2.43. The van der Waals surface area contributed by atoms with E-state index < -0.39 is 6.10 Å². The third kappa shape index (κ3) is 3.42. The summed E-state index contributed by atoms with van der Waals surface area (Å²) in [5.41, 5.74) is 2.00. The van der Waals surface area contributed by atoms with Crippen LogP contribution in [-0.2, 0) is 6.54 Å². The van der Waals surface area contributed by atoms with Crippen molar-refractivity contribution >= 4 is 22.8 Å². The molecule has 8 heteroatoms. The predicted octanol–water partition coefficient (Wildman–Crippen LogP) is 1.51. The minimum absolute atomic E-state index is 0.0239. The molecule has 8 nitrogen and oxygen atoms in total. The van der Waals surface area contributed by atoms with E-state index in [1.54, 1.807) is 18.6 Å². The molecule has 0 unspecified atom stereocenters. The quantitative estimate of drug-likeness (QED) is 0.603. The summed E-state index contributed by atoms with van der Waals surface area (Å²) >= 11 is 0. The number of benzene rings is 1. The van der Waals surface area contributed by atoms with Gasteiger partial charge in [0.1, 0.15) is 5.82 Å². The van der Waals surface area contributed by atoms with Gasteiger partial charge in [-0.05, 0) is 36.8 Å². The summed E-state index contributed by atoms with van der Waals surface area (Å²) in [6.45, 7) is 2.40. The lowest BCUT2D eigenvalue weighted by molar-refractivity contribution is 0.0737. The first-order valence-corrected chi connectivity index (χ1v) is 10.2. The zero-order valence-corrected chi connectivity index (χ0v) is 16.2. The van der Waals surface area contributed by atoms with Crippen LogP contribution in [0.5, 0.6) is 0 Å². The van der Waals surface area contributed by atoms with Crippen LogP contribution in [0.25, 0.3) is 11.0 Å². The average Bonchev–Trinajstić information content (AvgIpc) is 3.31. The molecule has 0 amide bonds. The number of rotatable bonds is 5. The molecule has 1 aliphatic heterocycles. The Bertz CT molecular complexity index is 978. The van der Waals surface area contributed by atoms with Crippen molar-refractivity contribution in [1.82, 2.24) is 19.5 Å². The first kappa shape index (κ1) is 18.3. The number of aliphatic hydroxyl groups excluding tert-OH is 2. The van der Waals surface area contributed by atoms with Gasteiger partial charge in [-0.3, -0.25) is 4.98 Å². The van der Waals surface area contributed by atoms with Crippen molar-refractivity contribution in [2.75, 3.05) is 29.9 Å². The molecule has 3 heterocycles. The van der Waals surface area contributed by atoms with Crippen molar-refractivity contribution in [1.29, 1.82) is 0 Å². The van der Waals surface area contributed by atoms with Gasteiger partial charge in [0.2, 0.25) is 5.95 Å². The summed E-state index contributed by atoms with van der Waals surface area (Å²) in [4.78, 5) is 15.6. The number of hydrogen-bond donors (Lipinski definition) is 3. The fraction of sp³-hybridized carbons (Fsp3) is 0.476. The smallest absolute Gasteiger partial charge is 0.206 e. The second-order valence-electron chi connectivity index (χ2n) is 8.08. The van der Waals surface area contributed by atoms with Gasteiger partial charge in [0.15, 0.2) is 0 Å². The summed E-state index contributed by atoms with van der Waals surface area (Å²) in [6.07, 6.45) is 6.24. The Morgan fingerprint density at radius 3 is 2.72 bits per heavy atom. The first-order chi connectivity index (χ1) is 14.2. The van der Waals surface area contributed by atoms with E-state index in [0.29, 0.717) is 24.2 Å². The molecule has 3 N–H and O–H groups in total. The van der Waals surface area contributed by atoms with Crippen LogP contribution in [0.2, 0.25) is 0 Å². The SMILES string of the molecule is OCCn1c(N2C[C@H]3C[C@@H](Nc4cnccn4)[C@H](O)C[C@H]3C2)nc2ccccc21. The molecule has 1 aliphatic carbocycles. The van der Waals surface area contributed by atoms with E-state index in [-0.39, 0.29) is 12.6 Å². The summed E-state index contributed by atoms with van der Waals surface area (Å²) < 4.78 is 2.11. The molecular formula is C21H26N6O2. The Balaban J connectivity index is 1.36. The third-order valence-corrected chi connectivity index (χ3v) is 6.28. The number of para-hydroxylation sites is 2. The summed E-state index contributed by atoms with van der Waals surface area (Å²) in [5, 5.41) is 23.6. The van der Waals surface area contributed by atoms with Crippen LogP contribution in [0, 0.1) is 11.8 Å². The van der Waals surface area contributed by atoms with Crippen LogP contribution in [0.15, 0.2) is 42.9 Å². The van der Waals surface area contributed by atoms with Crippen molar-refractivity contribution in [2.24, 2.45) is 11.8 Å². The number of aliphatic hydroxyl groups is 2. The fourth-order valence-corrected chi connectivity index (χ4v) is 4.94. The highest BCUT2D eigenvalue weighted by molar-refractivity contribution is 5.79. The second kappa shape index (κ2) is 7.61. The standard InChI is InChI=1S/C21H26N6O2/c28-8-7-27-18-4-2-1-3-16(18)25-21(27)26-12-14-9-17(19(29)10-15(14)13-26)24-20-11-22-5-6-23-20/h1-6,11,14-15,17,19,28-29H,7-10,12-13H2,(H,23,24)/t14-,15+,17-,19-/m1/s1. The maximum absolute atomic E-state index is 10.7. The van der Waals surface area contributed by atoms with Gasteiger partial charge in [0.25, 0.3) is 0 Å². The van der Waals surface area contributed by atoms with Gasteiger partial charge in [-0.15, -0.1) is 0 Å². The molecule has 4 atom stereocenters. The number of aromatic nitrogens is 4. The van der Waals surface area contributed by atoms with Crippen LogP contribution in [-0.4, -0.2) is 61.6 Å². The van der Waals surface area contributed by atoms with Crippen LogP contribution < -0.4 is 10.2 Å². The molecule has 1 saturated carbocycles. The van der Waals surface area contributed by atoms with Gasteiger partial charge in [-0.1, -0.05) is 12.1 Å². The number of hydrogen-bond acceptors (Lipinski definition) is 7. The molecule has 0 radical (unpaired) electrons. The van der Waals surface area contributed by atoms with Gasteiger partial charge >= 0.3 is 0 Å². The van der Waals surface area contributed by atoms with Gasteiger partial charge in [0, 0.05) is 32.0 Å². The van der Waals surface area contributed by atoms with E-state index in [4.69, 9.17) is 4.98 Å². The van der Waals surface area contributed by atoms with Crippen molar-refractivity contribution in [3.05, 3.63) is 42.9 Å². The molecule has 152 valence electrons. The molecule has 29 heavy (non-hydrogen) atoms. The summed E-state index contributed by atoms with van der Waals surface area (Å²) in [7, 11) is 0. The highest BCUT2D eigenvalue weighted by atomic mass is 16.3. The van der Waals surface area contributed by atoms with Crippen molar-refractivity contribution in [3.63, 3.8) is 0 Å². The first-order valence-electron chi connectivity index (χ1n) is 10.2. The molecule has 1 aromatic carbocycles. The zero-order chi connectivity index (χ0) is 19.8. The maximum Gasteiger partial charge on any atom is 0.206 e. The van der Waals surface area contributed by atoms with E-state index in [1.807, 2.05) is 18.2 Å². The number of fused-ring (bicyclic) bond motifs is 2. The summed E-state index contributed by atoms with van der Waals surface area (Å²) in [6, 6.07) is 8.04. The summed E-state index contributed by atoms with van der Waals surface area (Å²) in [5.74, 6) is 2.54. The van der Waals surface area contributed by atoms with Crippen molar-refractivity contribution in [3.8, 4) is 0 Å². The van der Waals surface area contributed by atoms with E-state index in [2.05, 4.69) is 30.8 Å².